The van der Waals surface area contributed by atoms with Crippen LogP contribution in [0.25, 0.3) is 0 Å². The fraction of sp³-hybridized carbons (Fsp3) is 1.00. The van der Waals surface area contributed by atoms with E-state index in [1.54, 1.807) is 0 Å². The van der Waals surface area contributed by atoms with Gasteiger partial charge in [0, 0.05) is 16.1 Å². The van der Waals surface area contributed by atoms with Crippen molar-refractivity contribution >= 4 is 24.8 Å². The van der Waals surface area contributed by atoms with Crippen molar-refractivity contribution in [1.29, 1.82) is 0 Å². The lowest BCUT2D eigenvalue weighted by atomic mass is 10.9. The van der Waals surface area contributed by atoms with Gasteiger partial charge in [-0.2, -0.15) is 0 Å². The largest absolute Gasteiger partial charge is 0.329 e. The summed E-state index contributed by atoms with van der Waals surface area (Å²) in [5, 5.41) is 0. The fourth-order valence-electron chi connectivity index (χ4n) is 0.897. The Morgan fingerprint density at radius 2 is 1.12 bits per heavy atom. The van der Waals surface area contributed by atoms with Gasteiger partial charge in [0.15, 0.2) is 0 Å². The molecule has 1 N–H and O–H groups in total. The fourth-order valence-corrected chi connectivity index (χ4v) is 3.24. The first kappa shape index (κ1) is 16.7. The van der Waals surface area contributed by atoms with E-state index in [-0.39, 0.29) is 0 Å². The molecule has 0 unspecified atom stereocenters. The van der Waals surface area contributed by atoms with Crippen LogP contribution in [-0.2, 0) is 9.05 Å². The molecule has 0 amide bonds. The Kier molecular flexibility index (Phi) is 7.58. The lowest BCUT2D eigenvalue weighted by molar-refractivity contribution is 0.215. The van der Waals surface area contributed by atoms with Gasteiger partial charge in [-0.15, -0.1) is 0 Å². The molecule has 0 aliphatic heterocycles. The monoisotopic (exact) mass is 282 g/mol. The molecule has 0 radical (unpaired) electrons. The van der Waals surface area contributed by atoms with Crippen LogP contribution in [0.5, 0.6) is 0 Å². The van der Waals surface area contributed by atoms with E-state index in [2.05, 4.69) is 39.3 Å². The maximum atomic E-state index is 9.49. The molecule has 0 bridgehead atoms. The van der Waals surface area contributed by atoms with E-state index in [1.807, 2.05) is 0 Å². The van der Waals surface area contributed by atoms with E-state index in [9.17, 15) is 4.89 Å². The summed E-state index contributed by atoms with van der Waals surface area (Å²) in [7, 11) is -3.76. The molecule has 3 nitrogen and oxygen atoms in total. The zero-order chi connectivity index (χ0) is 12.8. The van der Waals surface area contributed by atoms with Gasteiger partial charge in [0.25, 0.3) is 0 Å². The normalized spacial score (nSPS) is 13.5. The molecule has 0 aromatic carbocycles. The van der Waals surface area contributed by atoms with Crippen LogP contribution in [0.15, 0.2) is 0 Å². The van der Waals surface area contributed by atoms with Crippen molar-refractivity contribution in [3.63, 3.8) is 0 Å². The minimum atomic E-state index is -1.64. The Bertz CT molecular complexity index is 169. The predicted octanol–water partition coefficient (Wildman–Crippen LogP) is 3.92. The van der Waals surface area contributed by atoms with Crippen molar-refractivity contribution in [2.45, 2.75) is 51.4 Å². The molecule has 0 spiro atoms. The van der Waals surface area contributed by atoms with Gasteiger partial charge >= 0.3 is 8.60 Å². The van der Waals surface area contributed by atoms with Crippen molar-refractivity contribution < 1.29 is 13.9 Å². The standard InChI is InChI=1S/C10H27O3PSi2/c1-15(2,3)9-7-12-14(11)13-8-10-16(4,5)6/h11H,7-10H2,1-6H3. The van der Waals surface area contributed by atoms with Gasteiger partial charge in [0.1, 0.15) is 0 Å². The second-order valence-electron chi connectivity index (χ2n) is 6.53. The van der Waals surface area contributed by atoms with Crippen molar-refractivity contribution in [2.75, 3.05) is 13.2 Å². The topological polar surface area (TPSA) is 38.7 Å². The molecule has 0 aliphatic carbocycles. The summed E-state index contributed by atoms with van der Waals surface area (Å²) in [4.78, 5) is 9.49. The zero-order valence-electron chi connectivity index (χ0n) is 11.5. The van der Waals surface area contributed by atoms with Crippen LogP contribution in [-0.4, -0.2) is 34.3 Å². The average molecular weight is 282 g/mol. The van der Waals surface area contributed by atoms with Crippen LogP contribution in [0.1, 0.15) is 0 Å². The van der Waals surface area contributed by atoms with Crippen LogP contribution in [0.4, 0.5) is 0 Å². The third-order valence-corrected chi connectivity index (χ3v) is 6.32. The average Bonchev–Trinajstić information content (AvgIpc) is 1.98. The smallest absolute Gasteiger partial charge is 0.328 e. The predicted molar refractivity (Wildman–Crippen MR) is 77.3 cm³/mol. The summed E-state index contributed by atoms with van der Waals surface area (Å²) in [5.74, 6) is 0. The van der Waals surface area contributed by atoms with E-state index >= 15 is 0 Å². The first-order valence-corrected chi connectivity index (χ1v) is 14.4. The van der Waals surface area contributed by atoms with Crippen LogP contribution in [0.3, 0.4) is 0 Å². The SMILES string of the molecule is C[Si](C)(C)CCOP(O)OCC[Si](C)(C)C. The summed E-state index contributed by atoms with van der Waals surface area (Å²) >= 11 is 0. The summed E-state index contributed by atoms with van der Waals surface area (Å²) < 4.78 is 10.6. The molecule has 6 heteroatoms. The quantitative estimate of drug-likeness (QED) is 0.542. The molecule has 0 aromatic rings. The first-order valence-electron chi connectivity index (χ1n) is 5.85. The highest BCUT2D eigenvalue weighted by Gasteiger charge is 2.16. The minimum absolute atomic E-state index is 0.630. The highest BCUT2D eigenvalue weighted by atomic mass is 31.2. The first-order chi connectivity index (χ1) is 7.10. The molecule has 0 aromatic heterocycles. The lowest BCUT2D eigenvalue weighted by Gasteiger charge is -2.18. The second kappa shape index (κ2) is 7.24. The van der Waals surface area contributed by atoms with Crippen molar-refractivity contribution in [1.82, 2.24) is 0 Å². The molecule has 0 heterocycles. The van der Waals surface area contributed by atoms with E-state index < -0.39 is 24.8 Å². The van der Waals surface area contributed by atoms with Crippen molar-refractivity contribution in [2.24, 2.45) is 0 Å². The zero-order valence-corrected chi connectivity index (χ0v) is 14.4. The maximum Gasteiger partial charge on any atom is 0.329 e. The van der Waals surface area contributed by atoms with Crippen LogP contribution in [0, 0.1) is 0 Å². The molecule has 98 valence electrons. The highest BCUT2D eigenvalue weighted by molar-refractivity contribution is 7.40. The van der Waals surface area contributed by atoms with E-state index in [0.717, 1.165) is 12.1 Å². The minimum Gasteiger partial charge on any atom is -0.328 e. The molecular weight excluding hydrogens is 255 g/mol. The third kappa shape index (κ3) is 12.8. The van der Waals surface area contributed by atoms with Crippen LogP contribution in [0.2, 0.25) is 51.4 Å². The third-order valence-electron chi connectivity index (χ3n) is 2.11. The van der Waals surface area contributed by atoms with Crippen LogP contribution < -0.4 is 0 Å². The number of hydrogen-bond donors (Lipinski definition) is 1. The van der Waals surface area contributed by atoms with Crippen LogP contribution >= 0.6 is 8.60 Å². The maximum absolute atomic E-state index is 9.49. The van der Waals surface area contributed by atoms with Gasteiger partial charge in [-0.3, -0.25) is 0 Å². The molecule has 0 rings (SSSR count). The van der Waals surface area contributed by atoms with Gasteiger partial charge in [0.05, 0.1) is 13.2 Å². The lowest BCUT2D eigenvalue weighted by Crippen LogP contribution is -2.22. The second-order valence-corrected chi connectivity index (χ2v) is 18.8. The molecule has 0 atom stereocenters. The molecule has 0 saturated carbocycles. The highest BCUT2D eigenvalue weighted by Crippen LogP contribution is 2.34. The summed E-state index contributed by atoms with van der Waals surface area (Å²) in [6.45, 7) is 15.0. The van der Waals surface area contributed by atoms with Gasteiger partial charge < -0.3 is 13.9 Å². The van der Waals surface area contributed by atoms with Gasteiger partial charge in [-0.1, -0.05) is 39.3 Å². The molecular formula is C10H27O3PSi2. The van der Waals surface area contributed by atoms with E-state index in [4.69, 9.17) is 9.05 Å². The Balaban J connectivity index is 3.49. The van der Waals surface area contributed by atoms with E-state index in [0.29, 0.717) is 13.2 Å². The molecule has 0 aliphatic rings. The molecule has 0 fully saturated rings. The molecule has 0 saturated heterocycles. The Morgan fingerprint density at radius 1 is 0.812 bits per heavy atom. The Hall–Kier alpha value is 0.744. The number of hydrogen-bond acceptors (Lipinski definition) is 3. The Labute approximate surface area is 104 Å². The van der Waals surface area contributed by atoms with Gasteiger partial charge in [-0.25, -0.2) is 0 Å². The summed E-state index contributed by atoms with van der Waals surface area (Å²) in [5.41, 5.74) is 0. The number of rotatable bonds is 8. The van der Waals surface area contributed by atoms with Crippen molar-refractivity contribution in [3.8, 4) is 0 Å². The van der Waals surface area contributed by atoms with E-state index in [1.165, 1.54) is 0 Å². The molecule has 16 heavy (non-hydrogen) atoms. The summed E-state index contributed by atoms with van der Waals surface area (Å²) in [6.07, 6.45) is 0. The summed E-state index contributed by atoms with van der Waals surface area (Å²) in [6, 6.07) is 2.15. The Morgan fingerprint density at radius 3 is 1.38 bits per heavy atom. The van der Waals surface area contributed by atoms with Gasteiger partial charge in [-0.05, 0) is 12.1 Å². The van der Waals surface area contributed by atoms with Crippen molar-refractivity contribution in [3.05, 3.63) is 0 Å². The van der Waals surface area contributed by atoms with Gasteiger partial charge in [0.2, 0.25) is 0 Å².